The lowest BCUT2D eigenvalue weighted by molar-refractivity contribution is -0.149. The number of rotatable bonds is 9. The summed E-state index contributed by atoms with van der Waals surface area (Å²) in [4.78, 5) is 24.6. The van der Waals surface area contributed by atoms with Crippen molar-refractivity contribution in [3.05, 3.63) is 29.8 Å². The van der Waals surface area contributed by atoms with Crippen molar-refractivity contribution in [3.8, 4) is 5.75 Å². The molecule has 4 aliphatic carbocycles. The summed E-state index contributed by atoms with van der Waals surface area (Å²) in [5.41, 5.74) is 1.24. The summed E-state index contributed by atoms with van der Waals surface area (Å²) in [5, 5.41) is 3.16. The van der Waals surface area contributed by atoms with Gasteiger partial charge in [0.15, 0.2) is 6.61 Å². The van der Waals surface area contributed by atoms with Crippen molar-refractivity contribution >= 4 is 11.9 Å². The summed E-state index contributed by atoms with van der Waals surface area (Å²) in [6, 6.07) is 7.86. The van der Waals surface area contributed by atoms with Gasteiger partial charge in [-0.05, 0) is 93.6 Å². The van der Waals surface area contributed by atoms with E-state index in [1.807, 2.05) is 31.2 Å². The van der Waals surface area contributed by atoms with Crippen LogP contribution in [0.1, 0.15) is 64.4 Å². The maximum Gasteiger partial charge on any atom is 0.306 e. The highest BCUT2D eigenvalue weighted by atomic mass is 16.5. The minimum atomic E-state index is -0.348. The van der Waals surface area contributed by atoms with Gasteiger partial charge in [-0.15, -0.1) is 0 Å². The Morgan fingerprint density at radius 3 is 2.37 bits per heavy atom. The second-order valence-corrected chi connectivity index (χ2v) is 9.77. The summed E-state index contributed by atoms with van der Waals surface area (Å²) in [7, 11) is 0. The molecule has 4 aliphatic rings. The van der Waals surface area contributed by atoms with E-state index in [-0.39, 0.29) is 36.4 Å². The Morgan fingerprint density at radius 1 is 1.10 bits per heavy atom. The SMILES string of the molecule is CCOc1ccccc1CCC(=O)OCC(=O)N[C@H](C)C12CC3CC(CC(C3)C1)C2. The number of para-hydroxylation sites is 1. The van der Waals surface area contributed by atoms with Crippen LogP contribution in [0.5, 0.6) is 5.75 Å². The smallest absolute Gasteiger partial charge is 0.306 e. The van der Waals surface area contributed by atoms with Gasteiger partial charge >= 0.3 is 5.97 Å². The predicted octanol–water partition coefficient (Wildman–Crippen LogP) is 4.28. The Kier molecular flexibility index (Phi) is 6.35. The molecular formula is C25H35NO4. The van der Waals surface area contributed by atoms with Gasteiger partial charge in [0, 0.05) is 12.5 Å². The normalized spacial score (nSPS) is 30.0. The first kappa shape index (κ1) is 21.2. The van der Waals surface area contributed by atoms with E-state index < -0.39 is 0 Å². The van der Waals surface area contributed by atoms with Gasteiger partial charge in [-0.25, -0.2) is 0 Å². The van der Waals surface area contributed by atoms with Crippen molar-refractivity contribution < 1.29 is 19.1 Å². The topological polar surface area (TPSA) is 64.6 Å². The number of carbonyl (C=O) groups excluding carboxylic acids is 2. The molecule has 4 saturated carbocycles. The number of carbonyl (C=O) groups is 2. The van der Waals surface area contributed by atoms with Gasteiger partial charge < -0.3 is 14.8 Å². The second-order valence-electron chi connectivity index (χ2n) is 9.77. The lowest BCUT2D eigenvalue weighted by atomic mass is 9.48. The Morgan fingerprint density at radius 2 is 1.73 bits per heavy atom. The van der Waals surface area contributed by atoms with Gasteiger partial charge in [0.1, 0.15) is 5.75 Å². The highest BCUT2D eigenvalue weighted by Crippen LogP contribution is 2.61. The van der Waals surface area contributed by atoms with Crippen molar-refractivity contribution in [2.24, 2.45) is 23.2 Å². The van der Waals surface area contributed by atoms with Crippen molar-refractivity contribution in [1.29, 1.82) is 0 Å². The molecule has 0 saturated heterocycles. The van der Waals surface area contributed by atoms with Crippen molar-refractivity contribution in [3.63, 3.8) is 0 Å². The van der Waals surface area contributed by atoms with Crippen molar-refractivity contribution in [1.82, 2.24) is 5.32 Å². The first-order valence-corrected chi connectivity index (χ1v) is 11.6. The molecule has 0 unspecified atom stereocenters. The monoisotopic (exact) mass is 413 g/mol. The molecule has 164 valence electrons. The van der Waals surface area contributed by atoms with Crippen LogP contribution in [0.3, 0.4) is 0 Å². The molecule has 1 aromatic rings. The zero-order chi connectivity index (χ0) is 21.1. The molecule has 1 atom stereocenters. The summed E-state index contributed by atoms with van der Waals surface area (Å²) < 4.78 is 10.8. The molecule has 5 nitrogen and oxygen atoms in total. The third-order valence-corrected chi connectivity index (χ3v) is 7.62. The Bertz CT molecular complexity index is 739. The van der Waals surface area contributed by atoms with Crippen LogP contribution in [0.2, 0.25) is 0 Å². The van der Waals surface area contributed by atoms with Gasteiger partial charge in [0.2, 0.25) is 0 Å². The van der Waals surface area contributed by atoms with Crippen molar-refractivity contribution in [2.75, 3.05) is 13.2 Å². The minimum absolute atomic E-state index is 0.148. The molecule has 1 aromatic carbocycles. The van der Waals surface area contributed by atoms with Gasteiger partial charge in [0.05, 0.1) is 6.61 Å². The highest BCUT2D eigenvalue weighted by Gasteiger charge is 2.53. The van der Waals surface area contributed by atoms with Crippen LogP contribution < -0.4 is 10.1 Å². The number of amides is 1. The van der Waals surface area contributed by atoms with Crippen LogP contribution in [-0.4, -0.2) is 31.1 Å². The van der Waals surface area contributed by atoms with E-state index in [1.165, 1.54) is 38.5 Å². The number of ether oxygens (including phenoxy) is 2. The van der Waals surface area contributed by atoms with Crippen LogP contribution in [0.4, 0.5) is 0 Å². The Hall–Kier alpha value is -2.04. The summed E-state index contributed by atoms with van der Waals surface area (Å²) >= 11 is 0. The van der Waals surface area contributed by atoms with E-state index >= 15 is 0 Å². The molecule has 1 N–H and O–H groups in total. The van der Waals surface area contributed by atoms with E-state index in [0.717, 1.165) is 29.1 Å². The molecule has 5 heteroatoms. The zero-order valence-electron chi connectivity index (χ0n) is 18.3. The maximum absolute atomic E-state index is 12.5. The molecule has 5 rings (SSSR count). The van der Waals surface area contributed by atoms with Crippen LogP contribution in [0.15, 0.2) is 24.3 Å². The molecule has 1 amide bonds. The van der Waals surface area contributed by atoms with Gasteiger partial charge in [-0.1, -0.05) is 18.2 Å². The summed E-state index contributed by atoms with van der Waals surface area (Å²) in [6.45, 7) is 4.48. The van der Waals surface area contributed by atoms with E-state index in [4.69, 9.17) is 9.47 Å². The van der Waals surface area contributed by atoms with Crippen LogP contribution in [0, 0.1) is 23.2 Å². The fourth-order valence-corrected chi connectivity index (χ4v) is 6.61. The summed E-state index contributed by atoms with van der Waals surface area (Å²) in [6.07, 6.45) is 8.71. The lowest BCUT2D eigenvalue weighted by Crippen LogP contribution is -2.56. The number of hydrogen-bond acceptors (Lipinski definition) is 4. The molecular weight excluding hydrogens is 378 g/mol. The van der Waals surface area contributed by atoms with E-state index in [2.05, 4.69) is 12.2 Å². The molecule has 0 spiro atoms. The van der Waals surface area contributed by atoms with E-state index in [0.29, 0.717) is 13.0 Å². The number of hydrogen-bond donors (Lipinski definition) is 1. The molecule has 0 aromatic heterocycles. The van der Waals surface area contributed by atoms with E-state index in [9.17, 15) is 9.59 Å². The lowest BCUT2D eigenvalue weighted by Gasteiger charge is -2.59. The average Bonchev–Trinajstić information content (AvgIpc) is 2.71. The zero-order valence-corrected chi connectivity index (χ0v) is 18.3. The fraction of sp³-hybridized carbons (Fsp3) is 0.680. The highest BCUT2D eigenvalue weighted by molar-refractivity contribution is 5.80. The predicted molar refractivity (Wildman–Crippen MR) is 115 cm³/mol. The molecule has 0 radical (unpaired) electrons. The molecule has 30 heavy (non-hydrogen) atoms. The maximum atomic E-state index is 12.5. The van der Waals surface area contributed by atoms with Gasteiger partial charge in [0.25, 0.3) is 5.91 Å². The number of nitrogens with one attached hydrogen (secondary N) is 1. The van der Waals surface area contributed by atoms with E-state index in [1.54, 1.807) is 0 Å². The fourth-order valence-electron chi connectivity index (χ4n) is 6.61. The number of benzene rings is 1. The quantitative estimate of drug-likeness (QED) is 0.614. The van der Waals surface area contributed by atoms with Gasteiger partial charge in [-0.3, -0.25) is 9.59 Å². The summed E-state index contributed by atoms with van der Waals surface area (Å²) in [5.74, 6) is 2.84. The third kappa shape index (κ3) is 4.65. The first-order valence-electron chi connectivity index (χ1n) is 11.6. The van der Waals surface area contributed by atoms with Crippen LogP contribution in [0.25, 0.3) is 0 Å². The standard InChI is InChI=1S/C25H35NO4/c1-3-29-22-7-5-4-6-21(22)8-9-24(28)30-16-23(27)26-17(2)25-13-18-10-19(14-25)12-20(11-18)15-25/h4-7,17-20H,3,8-16H2,1-2H3,(H,26,27)/t17-,18?,19?,20?,25?/m1/s1. The third-order valence-electron chi connectivity index (χ3n) is 7.62. The first-order chi connectivity index (χ1) is 14.5. The van der Waals surface area contributed by atoms with Crippen LogP contribution in [-0.2, 0) is 20.7 Å². The Labute approximate surface area is 179 Å². The number of esters is 1. The van der Waals surface area contributed by atoms with Crippen LogP contribution >= 0.6 is 0 Å². The van der Waals surface area contributed by atoms with Crippen molar-refractivity contribution in [2.45, 2.75) is 71.3 Å². The van der Waals surface area contributed by atoms with Gasteiger partial charge in [-0.2, -0.15) is 0 Å². The molecule has 0 aliphatic heterocycles. The minimum Gasteiger partial charge on any atom is -0.494 e. The molecule has 4 fully saturated rings. The second kappa shape index (κ2) is 8.99. The Balaban J connectivity index is 1.22. The largest absolute Gasteiger partial charge is 0.494 e. The molecule has 4 bridgehead atoms. The average molecular weight is 414 g/mol. The number of aryl methyl sites for hydroxylation is 1. The molecule has 0 heterocycles.